The van der Waals surface area contributed by atoms with Crippen molar-refractivity contribution in [3.63, 3.8) is 0 Å². The van der Waals surface area contributed by atoms with Gasteiger partial charge in [0.25, 0.3) is 0 Å². The summed E-state index contributed by atoms with van der Waals surface area (Å²) >= 11 is 0. The van der Waals surface area contributed by atoms with Crippen molar-refractivity contribution in [1.82, 2.24) is 0 Å². The van der Waals surface area contributed by atoms with Gasteiger partial charge in [0.1, 0.15) is 18.3 Å². The number of aliphatic hydroxyl groups is 2. The van der Waals surface area contributed by atoms with Crippen LogP contribution in [0, 0.1) is 28.6 Å². The minimum absolute atomic E-state index is 0.0616. The molecule has 48 heavy (non-hydrogen) atoms. The summed E-state index contributed by atoms with van der Waals surface area (Å²) in [5.74, 6) is 0.0494. The third-order valence-corrected chi connectivity index (χ3v) is 12.7. The van der Waals surface area contributed by atoms with Gasteiger partial charge in [0.15, 0.2) is 12.1 Å². The normalized spacial score (nSPS) is 42.6. The predicted molar refractivity (Wildman–Crippen MR) is 173 cm³/mol. The van der Waals surface area contributed by atoms with E-state index in [1.807, 2.05) is 20.8 Å². The maximum absolute atomic E-state index is 12.7. The second kappa shape index (κ2) is 13.5. The van der Waals surface area contributed by atoms with Gasteiger partial charge in [-0.25, -0.2) is 8.37 Å². The smallest absolute Gasteiger partial charge is 0.387 e. The van der Waals surface area contributed by atoms with Crippen LogP contribution in [0.1, 0.15) is 92.9 Å². The van der Waals surface area contributed by atoms with Crippen molar-refractivity contribution >= 4 is 26.6 Å². The van der Waals surface area contributed by atoms with Gasteiger partial charge in [-0.3, -0.25) is 13.9 Å². The van der Waals surface area contributed by atoms with Crippen molar-refractivity contribution in [2.75, 3.05) is 0 Å². The number of carbonyl (C=O) groups excluding carboxylic acids is 1. The maximum atomic E-state index is 12.7. The highest BCUT2D eigenvalue weighted by molar-refractivity contribution is 7.81. The van der Waals surface area contributed by atoms with Crippen molar-refractivity contribution in [1.29, 1.82) is 0 Å². The van der Waals surface area contributed by atoms with Crippen LogP contribution in [0.2, 0.25) is 0 Å². The Bertz CT molecular complexity index is 1580. The van der Waals surface area contributed by atoms with Gasteiger partial charge in [-0.2, -0.15) is 16.8 Å². The molecule has 0 aromatic carbocycles. The first kappa shape index (κ1) is 37.7. The lowest BCUT2D eigenvalue weighted by molar-refractivity contribution is -0.312. The number of hydrogen-bond acceptors (Lipinski definition) is 11. The molecule has 5 aliphatic rings. The molecule has 0 radical (unpaired) electrons. The van der Waals surface area contributed by atoms with E-state index in [2.05, 4.69) is 24.1 Å². The molecule has 0 amide bonds. The zero-order valence-electron chi connectivity index (χ0n) is 28.4. The Morgan fingerprint density at radius 2 is 1.65 bits per heavy atom. The van der Waals surface area contributed by atoms with E-state index in [0.717, 1.165) is 30.4 Å². The molecule has 0 aromatic rings. The van der Waals surface area contributed by atoms with E-state index in [-0.39, 0.29) is 35.4 Å². The molecule has 4 fully saturated rings. The zero-order valence-corrected chi connectivity index (χ0v) is 30.0. The molecule has 0 aromatic heterocycles. The van der Waals surface area contributed by atoms with Crippen molar-refractivity contribution in [2.45, 2.75) is 136 Å². The van der Waals surface area contributed by atoms with E-state index in [4.69, 9.17) is 13.7 Å². The summed E-state index contributed by atoms with van der Waals surface area (Å²) in [6, 6.07) is 0. The molecule has 13 nitrogen and oxygen atoms in total. The molecule has 0 bridgehead atoms. The predicted octanol–water partition coefficient (Wildman–Crippen LogP) is 4.03. The molecule has 272 valence electrons. The number of hydrogen-bond donors (Lipinski definition) is 4. The van der Waals surface area contributed by atoms with Gasteiger partial charge in [-0.15, -0.1) is 0 Å². The Balaban J connectivity index is 1.47. The zero-order chi connectivity index (χ0) is 35.6. The van der Waals surface area contributed by atoms with Gasteiger partial charge in [0.2, 0.25) is 0 Å². The monoisotopic (exact) mass is 718 g/mol. The minimum Gasteiger partial charge on any atom is -0.387 e. The van der Waals surface area contributed by atoms with Crippen molar-refractivity contribution in [3.8, 4) is 0 Å². The van der Waals surface area contributed by atoms with Gasteiger partial charge in [0, 0.05) is 6.42 Å². The molecular formula is C33H50O13S2. The quantitative estimate of drug-likeness (QED) is 0.151. The minimum atomic E-state index is -4.96. The number of allylic oxidation sites excluding steroid dienone is 6. The fraction of sp³-hybridized carbons (Fsp3) is 0.788. The Morgan fingerprint density at radius 1 is 0.979 bits per heavy atom. The molecule has 3 saturated carbocycles. The van der Waals surface area contributed by atoms with Crippen LogP contribution in [0.4, 0.5) is 0 Å². The Morgan fingerprint density at radius 3 is 2.27 bits per heavy atom. The second-order valence-electron chi connectivity index (χ2n) is 15.2. The van der Waals surface area contributed by atoms with E-state index in [9.17, 15) is 40.9 Å². The molecule has 0 unspecified atom stereocenters. The van der Waals surface area contributed by atoms with Gasteiger partial charge in [-0.1, -0.05) is 42.2 Å². The molecule has 1 aliphatic heterocycles. The number of fused-ring (bicyclic) bond motifs is 5. The van der Waals surface area contributed by atoms with E-state index in [1.165, 1.54) is 18.1 Å². The lowest BCUT2D eigenvalue weighted by Crippen LogP contribution is -2.61. The molecule has 5 rings (SSSR count). The fourth-order valence-corrected chi connectivity index (χ4v) is 10.8. The third-order valence-electron chi connectivity index (χ3n) is 11.7. The molecule has 15 heteroatoms. The average Bonchev–Trinajstić information content (AvgIpc) is 3.30. The summed E-state index contributed by atoms with van der Waals surface area (Å²) in [7, 11) is -9.67. The Labute approximate surface area is 283 Å². The van der Waals surface area contributed by atoms with Crippen LogP contribution in [0.3, 0.4) is 0 Å². The summed E-state index contributed by atoms with van der Waals surface area (Å²) in [5, 5.41) is 21.8. The highest BCUT2D eigenvalue weighted by Gasteiger charge is 2.60. The highest BCUT2D eigenvalue weighted by Crippen LogP contribution is 2.66. The fourth-order valence-electron chi connectivity index (χ4n) is 9.74. The van der Waals surface area contributed by atoms with E-state index >= 15 is 0 Å². The van der Waals surface area contributed by atoms with Crippen LogP contribution in [0.5, 0.6) is 0 Å². The second-order valence-corrected chi connectivity index (χ2v) is 17.3. The summed E-state index contributed by atoms with van der Waals surface area (Å²) in [6.07, 6.45) is -0.374. The van der Waals surface area contributed by atoms with Gasteiger partial charge < -0.3 is 19.7 Å². The Kier molecular flexibility index (Phi) is 10.6. The molecule has 12 atom stereocenters. The molecule has 1 heterocycles. The number of rotatable bonds is 9. The van der Waals surface area contributed by atoms with E-state index < -0.39 is 69.1 Å². The van der Waals surface area contributed by atoms with Crippen LogP contribution >= 0.6 is 0 Å². The molecular weight excluding hydrogens is 668 g/mol. The number of carbonyl (C=O) groups is 1. The van der Waals surface area contributed by atoms with E-state index in [1.54, 1.807) is 6.08 Å². The van der Waals surface area contributed by atoms with Crippen molar-refractivity contribution < 1.29 is 58.8 Å². The molecule has 0 spiro atoms. The molecule has 4 N–H and O–H groups in total. The lowest BCUT2D eigenvalue weighted by Gasteiger charge is -2.59. The summed E-state index contributed by atoms with van der Waals surface area (Å²) in [4.78, 5) is 12.7. The van der Waals surface area contributed by atoms with Gasteiger partial charge >= 0.3 is 20.8 Å². The first-order chi connectivity index (χ1) is 22.1. The third kappa shape index (κ3) is 7.55. The SMILES string of the molecule is CC(C)=CC(=O)C/C(C)=C1\CC[C@H]2[C@@H]3C[C@H](O[C@@H]4O[C@H](C)[C@@H](OS(=O)(=O)O)[C@H](O)[C@H]4O)[C@H]4C[C@@H](OS(=O)(=O)O)CC[C@]4(C)C3=CC[C@]12C. The number of ketones is 1. The highest BCUT2D eigenvalue weighted by atomic mass is 32.3. The summed E-state index contributed by atoms with van der Waals surface area (Å²) in [6.45, 7) is 11.7. The first-order valence-electron chi connectivity index (χ1n) is 16.7. The van der Waals surface area contributed by atoms with Crippen molar-refractivity contribution in [3.05, 3.63) is 34.4 Å². The number of aliphatic hydroxyl groups excluding tert-OH is 2. The summed E-state index contributed by atoms with van der Waals surface area (Å²) in [5.41, 5.74) is 4.00. The van der Waals surface area contributed by atoms with Crippen LogP contribution in [-0.2, 0) is 43.4 Å². The first-order valence-corrected chi connectivity index (χ1v) is 19.4. The lowest BCUT2D eigenvalue weighted by atomic mass is 9.48. The van der Waals surface area contributed by atoms with Gasteiger partial charge in [0.05, 0.1) is 18.3 Å². The van der Waals surface area contributed by atoms with Crippen LogP contribution < -0.4 is 0 Å². The topological polar surface area (TPSA) is 203 Å². The van der Waals surface area contributed by atoms with Crippen LogP contribution in [-0.4, -0.2) is 84.9 Å². The standard InChI is InChI=1S/C33H50O13S2/c1-17(2)13-20(34)14-18(3)23-7-8-24-22-16-27(44-31-29(36)28(35)30(19(4)43-31)46-48(40,41)42)26-15-21(45-47(37,38)39)9-11-33(26,6)25(22)10-12-32(23,24)5/h10,13,19,21-22,24,26-31,35-36H,7-9,11-12,14-16H2,1-6H3,(H,37,38,39)(H,40,41,42)/b23-18+/t19-,21+,22+,24+,26-,27+,28-,29-,30-,31+,32-,33-/m1/s1. The molecule has 4 aliphatic carbocycles. The van der Waals surface area contributed by atoms with E-state index in [0.29, 0.717) is 25.7 Å². The average molecular weight is 719 g/mol. The Hall–Kier alpha value is -1.53. The molecule has 1 saturated heterocycles. The maximum Gasteiger partial charge on any atom is 0.397 e. The van der Waals surface area contributed by atoms with Crippen LogP contribution in [0.15, 0.2) is 34.4 Å². The largest absolute Gasteiger partial charge is 0.397 e. The summed E-state index contributed by atoms with van der Waals surface area (Å²) < 4.78 is 86.8. The van der Waals surface area contributed by atoms with Gasteiger partial charge in [-0.05, 0) is 107 Å². The van der Waals surface area contributed by atoms with Crippen molar-refractivity contribution in [2.24, 2.45) is 28.6 Å². The van der Waals surface area contributed by atoms with Crippen LogP contribution in [0.25, 0.3) is 0 Å². The number of ether oxygens (including phenoxy) is 2.